The first-order valence-electron chi connectivity index (χ1n) is 5.39. The van der Waals surface area contributed by atoms with E-state index in [-0.39, 0.29) is 0 Å². The van der Waals surface area contributed by atoms with Gasteiger partial charge in [0.05, 0.1) is 31.2 Å². The Morgan fingerprint density at radius 2 is 1.00 bits per heavy atom. The standard InChI is InChI=1S/C14H16P.CN/c1-15(2,13-9-5-3-6-10-13)14-11-7-4-8-12-14;1-2/h3-12H,1-2H3;/q+1;-1. The lowest BCUT2D eigenvalue weighted by molar-refractivity contribution is 1.53. The second-order valence-electron chi connectivity index (χ2n) is 4.12. The van der Waals surface area contributed by atoms with Gasteiger partial charge in [-0.15, -0.1) is 0 Å². The van der Waals surface area contributed by atoms with Crippen LogP contribution in [0.1, 0.15) is 0 Å². The third-order valence-corrected chi connectivity index (χ3v) is 5.98. The topological polar surface area (TPSA) is 23.8 Å². The van der Waals surface area contributed by atoms with Crippen molar-refractivity contribution >= 4 is 17.9 Å². The van der Waals surface area contributed by atoms with Crippen molar-refractivity contribution in [2.75, 3.05) is 13.3 Å². The van der Waals surface area contributed by atoms with Crippen molar-refractivity contribution in [3.63, 3.8) is 0 Å². The molecule has 2 rings (SSSR count). The Hall–Kier alpha value is -1.64. The molecule has 0 saturated carbocycles. The van der Waals surface area contributed by atoms with E-state index in [9.17, 15) is 0 Å². The molecular formula is C15H16NP. The van der Waals surface area contributed by atoms with E-state index in [1.54, 1.807) is 0 Å². The Morgan fingerprint density at radius 3 is 1.29 bits per heavy atom. The minimum atomic E-state index is -1.15. The van der Waals surface area contributed by atoms with Crippen LogP contribution in [-0.4, -0.2) is 13.3 Å². The fourth-order valence-corrected chi connectivity index (χ4v) is 3.88. The van der Waals surface area contributed by atoms with Crippen LogP contribution in [0, 0.1) is 11.8 Å². The molecule has 2 aromatic carbocycles. The first-order chi connectivity index (χ1) is 8.21. The SMILES string of the molecule is C[P+](C)(c1ccccc1)c1ccccc1.[C-]#N. The Balaban J connectivity index is 0.000000686. The van der Waals surface area contributed by atoms with Gasteiger partial charge in [0.2, 0.25) is 0 Å². The van der Waals surface area contributed by atoms with Crippen molar-refractivity contribution in [3.8, 4) is 0 Å². The van der Waals surface area contributed by atoms with Crippen LogP contribution in [0.15, 0.2) is 60.7 Å². The largest absolute Gasteiger partial charge is 0.512 e. The fraction of sp³-hybridized carbons (Fsp3) is 0.133. The fourth-order valence-electron chi connectivity index (χ4n) is 1.75. The van der Waals surface area contributed by atoms with Gasteiger partial charge >= 0.3 is 0 Å². The third kappa shape index (κ3) is 3.16. The van der Waals surface area contributed by atoms with E-state index < -0.39 is 7.26 Å². The molecule has 2 aromatic rings. The zero-order valence-corrected chi connectivity index (χ0v) is 11.1. The molecule has 0 N–H and O–H groups in total. The summed E-state index contributed by atoms with van der Waals surface area (Å²) in [6.07, 6.45) is 0. The second-order valence-corrected chi connectivity index (χ2v) is 8.06. The zero-order valence-electron chi connectivity index (χ0n) is 10.2. The van der Waals surface area contributed by atoms with Crippen molar-refractivity contribution in [1.82, 2.24) is 0 Å². The van der Waals surface area contributed by atoms with E-state index in [1.807, 2.05) is 0 Å². The van der Waals surface area contributed by atoms with Crippen molar-refractivity contribution < 1.29 is 0 Å². The van der Waals surface area contributed by atoms with E-state index in [1.165, 1.54) is 10.6 Å². The Morgan fingerprint density at radius 1 is 0.706 bits per heavy atom. The first-order valence-corrected chi connectivity index (χ1v) is 8.07. The summed E-state index contributed by atoms with van der Waals surface area (Å²) < 4.78 is 0. The summed E-state index contributed by atoms with van der Waals surface area (Å²) in [6, 6.07) is 21.6. The van der Waals surface area contributed by atoms with Crippen LogP contribution in [0.5, 0.6) is 0 Å². The molecule has 0 saturated heterocycles. The molecule has 0 aliphatic heterocycles. The smallest absolute Gasteiger partial charge is 0.0985 e. The van der Waals surface area contributed by atoms with Crippen molar-refractivity contribution in [2.24, 2.45) is 0 Å². The van der Waals surface area contributed by atoms with Crippen molar-refractivity contribution in [3.05, 3.63) is 67.2 Å². The van der Waals surface area contributed by atoms with Gasteiger partial charge in [0.25, 0.3) is 0 Å². The number of hydrogen-bond acceptors (Lipinski definition) is 1. The Bertz CT molecular complexity index is 419. The maximum atomic E-state index is 6.25. The third-order valence-electron chi connectivity index (χ3n) is 2.80. The molecule has 0 aliphatic rings. The summed E-state index contributed by atoms with van der Waals surface area (Å²) in [5.74, 6) is 0. The van der Waals surface area contributed by atoms with Gasteiger partial charge in [0.1, 0.15) is 0 Å². The van der Waals surface area contributed by atoms with Crippen molar-refractivity contribution in [2.45, 2.75) is 0 Å². The minimum Gasteiger partial charge on any atom is -0.512 e. The molecule has 0 atom stereocenters. The molecule has 2 heteroatoms. The minimum absolute atomic E-state index is 1.15. The van der Waals surface area contributed by atoms with Crippen molar-refractivity contribution in [1.29, 1.82) is 5.26 Å². The highest BCUT2D eigenvalue weighted by Crippen LogP contribution is 2.48. The number of benzene rings is 2. The highest BCUT2D eigenvalue weighted by Gasteiger charge is 2.30. The monoisotopic (exact) mass is 241 g/mol. The molecule has 17 heavy (non-hydrogen) atoms. The predicted molar refractivity (Wildman–Crippen MR) is 75.9 cm³/mol. The van der Waals surface area contributed by atoms with Gasteiger partial charge in [-0.2, -0.15) is 0 Å². The predicted octanol–water partition coefficient (Wildman–Crippen LogP) is 3.01. The zero-order chi connectivity index (χ0) is 12.7. The Labute approximate surface area is 104 Å². The lowest BCUT2D eigenvalue weighted by atomic mass is 10.4. The second kappa shape index (κ2) is 6.18. The average Bonchev–Trinajstić information content (AvgIpc) is 2.43. The van der Waals surface area contributed by atoms with Crippen LogP contribution in [0.2, 0.25) is 0 Å². The summed E-state index contributed by atoms with van der Waals surface area (Å²) in [5.41, 5.74) is 0. The van der Waals surface area contributed by atoms with Crippen LogP contribution in [0.25, 0.3) is 0 Å². The summed E-state index contributed by atoms with van der Waals surface area (Å²) in [5, 5.41) is 9.19. The average molecular weight is 241 g/mol. The molecule has 1 nitrogen and oxygen atoms in total. The molecule has 0 heterocycles. The van der Waals surface area contributed by atoms with Gasteiger partial charge in [-0.1, -0.05) is 36.4 Å². The number of rotatable bonds is 2. The molecule has 0 bridgehead atoms. The van der Waals surface area contributed by atoms with Gasteiger partial charge in [-0.3, -0.25) is 0 Å². The molecule has 0 spiro atoms. The van der Waals surface area contributed by atoms with Crippen LogP contribution >= 0.6 is 7.26 Å². The summed E-state index contributed by atoms with van der Waals surface area (Å²) >= 11 is 0. The molecule has 0 radical (unpaired) electrons. The van der Waals surface area contributed by atoms with E-state index in [0.717, 1.165) is 0 Å². The lowest BCUT2D eigenvalue weighted by Crippen LogP contribution is -2.19. The van der Waals surface area contributed by atoms with E-state index in [0.29, 0.717) is 0 Å². The van der Waals surface area contributed by atoms with Crippen LogP contribution in [0.4, 0.5) is 0 Å². The number of nitrogens with zero attached hydrogens (tertiary/aromatic N) is 1. The molecule has 86 valence electrons. The maximum absolute atomic E-state index is 6.25. The van der Waals surface area contributed by atoms with Gasteiger partial charge < -0.3 is 11.8 Å². The van der Waals surface area contributed by atoms with E-state index in [2.05, 4.69) is 74.0 Å². The summed E-state index contributed by atoms with van der Waals surface area (Å²) in [7, 11) is -1.15. The molecule has 0 aliphatic carbocycles. The lowest BCUT2D eigenvalue weighted by Gasteiger charge is -2.17. The van der Waals surface area contributed by atoms with Gasteiger partial charge in [0, 0.05) is 0 Å². The van der Waals surface area contributed by atoms with Gasteiger partial charge in [-0.25, -0.2) is 0 Å². The van der Waals surface area contributed by atoms with Gasteiger partial charge in [-0.05, 0) is 24.3 Å². The van der Waals surface area contributed by atoms with Crippen LogP contribution in [-0.2, 0) is 0 Å². The highest BCUT2D eigenvalue weighted by molar-refractivity contribution is 7.88. The number of hydrogen-bond donors (Lipinski definition) is 0. The van der Waals surface area contributed by atoms with Crippen LogP contribution < -0.4 is 10.6 Å². The summed E-state index contributed by atoms with van der Waals surface area (Å²) in [6.45, 7) is 9.50. The molecule has 0 amide bonds. The summed E-state index contributed by atoms with van der Waals surface area (Å²) in [4.78, 5) is 0. The molecule has 0 aromatic heterocycles. The molecule has 0 unspecified atom stereocenters. The molecular weight excluding hydrogens is 225 g/mol. The normalized spacial score (nSPS) is 10.1. The maximum Gasteiger partial charge on any atom is 0.0985 e. The van der Waals surface area contributed by atoms with Crippen LogP contribution in [0.3, 0.4) is 0 Å². The molecule has 0 fully saturated rings. The van der Waals surface area contributed by atoms with Gasteiger partial charge in [0.15, 0.2) is 0 Å². The first kappa shape index (κ1) is 13.4. The Kier molecular flexibility index (Phi) is 4.88. The van der Waals surface area contributed by atoms with E-state index in [4.69, 9.17) is 11.8 Å². The van der Waals surface area contributed by atoms with E-state index >= 15 is 0 Å². The quantitative estimate of drug-likeness (QED) is 0.585. The highest BCUT2D eigenvalue weighted by atomic mass is 31.2.